The minimum Gasteiger partial charge on any atom is -0.341 e. The third kappa shape index (κ3) is 4.16. The van der Waals surface area contributed by atoms with Crippen LogP contribution in [0.3, 0.4) is 0 Å². The zero-order chi connectivity index (χ0) is 18.7. The first-order chi connectivity index (χ1) is 12.4. The molecule has 1 saturated heterocycles. The van der Waals surface area contributed by atoms with E-state index >= 15 is 0 Å². The molecular formula is C19H24N2O3S2. The summed E-state index contributed by atoms with van der Waals surface area (Å²) in [5, 5.41) is 1.76. The van der Waals surface area contributed by atoms with Gasteiger partial charge in [0, 0.05) is 26.7 Å². The van der Waals surface area contributed by atoms with Crippen molar-refractivity contribution >= 4 is 27.3 Å². The van der Waals surface area contributed by atoms with E-state index < -0.39 is 10.0 Å². The molecule has 0 bridgehead atoms. The molecule has 1 amide bonds. The van der Waals surface area contributed by atoms with E-state index in [2.05, 4.69) is 0 Å². The number of thiophene rings is 1. The molecule has 140 valence electrons. The number of piperidine rings is 1. The zero-order valence-electron chi connectivity index (χ0n) is 15.1. The number of hydrogen-bond acceptors (Lipinski definition) is 4. The third-order valence-electron chi connectivity index (χ3n) is 4.74. The highest BCUT2D eigenvalue weighted by Gasteiger charge is 2.34. The van der Waals surface area contributed by atoms with E-state index in [0.717, 1.165) is 12.0 Å². The van der Waals surface area contributed by atoms with Gasteiger partial charge in [-0.3, -0.25) is 4.79 Å². The Labute approximate surface area is 159 Å². The molecule has 2 heterocycles. The minimum atomic E-state index is -3.49. The molecule has 0 saturated carbocycles. The van der Waals surface area contributed by atoms with Crippen molar-refractivity contribution in [2.75, 3.05) is 20.1 Å². The number of nitrogens with zero attached hydrogens (tertiary/aromatic N) is 2. The molecule has 1 aromatic heterocycles. The molecule has 0 radical (unpaired) electrons. The summed E-state index contributed by atoms with van der Waals surface area (Å²) in [5.74, 6) is -0.273. The highest BCUT2D eigenvalue weighted by atomic mass is 32.2. The second-order valence-electron chi connectivity index (χ2n) is 6.81. The lowest BCUT2D eigenvalue weighted by Crippen LogP contribution is -2.45. The van der Waals surface area contributed by atoms with Gasteiger partial charge in [0.05, 0.1) is 5.92 Å². The molecular weight excluding hydrogens is 368 g/mol. The molecule has 5 nitrogen and oxygen atoms in total. The van der Waals surface area contributed by atoms with Crippen LogP contribution in [0.4, 0.5) is 0 Å². The highest BCUT2D eigenvalue weighted by molar-refractivity contribution is 7.91. The van der Waals surface area contributed by atoms with Crippen molar-refractivity contribution in [2.24, 2.45) is 5.92 Å². The lowest BCUT2D eigenvalue weighted by Gasteiger charge is -2.33. The average molecular weight is 393 g/mol. The summed E-state index contributed by atoms with van der Waals surface area (Å²) in [6.45, 7) is 3.31. The van der Waals surface area contributed by atoms with Crippen LogP contribution in [0.5, 0.6) is 0 Å². The number of aryl methyl sites for hydroxylation is 1. The van der Waals surface area contributed by atoms with E-state index in [-0.39, 0.29) is 18.4 Å². The van der Waals surface area contributed by atoms with E-state index in [0.29, 0.717) is 23.7 Å². The summed E-state index contributed by atoms with van der Waals surface area (Å²) >= 11 is 1.22. The second kappa shape index (κ2) is 7.90. The van der Waals surface area contributed by atoms with Gasteiger partial charge in [0.25, 0.3) is 10.0 Å². The molecule has 2 aromatic rings. The maximum atomic E-state index is 12.8. The van der Waals surface area contributed by atoms with Crippen LogP contribution in [0, 0.1) is 12.8 Å². The number of benzene rings is 1. The molecule has 1 aromatic carbocycles. The van der Waals surface area contributed by atoms with Gasteiger partial charge in [0.15, 0.2) is 0 Å². The molecule has 1 unspecified atom stereocenters. The smallest absolute Gasteiger partial charge is 0.252 e. The fourth-order valence-corrected chi connectivity index (χ4v) is 5.93. The van der Waals surface area contributed by atoms with Crippen molar-refractivity contribution in [3.05, 3.63) is 52.9 Å². The molecule has 0 N–H and O–H groups in total. The summed E-state index contributed by atoms with van der Waals surface area (Å²) in [7, 11) is -1.71. The van der Waals surface area contributed by atoms with Crippen LogP contribution in [0.15, 0.2) is 46.0 Å². The summed E-state index contributed by atoms with van der Waals surface area (Å²) in [5.41, 5.74) is 2.26. The first-order valence-corrected chi connectivity index (χ1v) is 11.0. The Hall–Kier alpha value is -1.70. The Balaban J connectivity index is 1.67. The molecule has 0 aliphatic carbocycles. The standard InChI is InChI=1S/C19H24N2O3S2/c1-15-7-9-16(10-8-15)13-20(2)19(22)17-5-3-11-21(14-17)26(23,24)18-6-4-12-25-18/h4,6-10,12,17H,3,5,11,13-14H2,1-2H3. The number of sulfonamides is 1. The van der Waals surface area contributed by atoms with Gasteiger partial charge >= 0.3 is 0 Å². The summed E-state index contributed by atoms with van der Waals surface area (Å²) < 4.78 is 27.3. The SMILES string of the molecule is Cc1ccc(CN(C)C(=O)C2CCCN(S(=O)(=O)c3cccs3)C2)cc1. The predicted octanol–water partition coefficient (Wildman–Crippen LogP) is 3.12. The maximum Gasteiger partial charge on any atom is 0.252 e. The quantitative estimate of drug-likeness (QED) is 0.786. The molecule has 1 aliphatic rings. The van der Waals surface area contributed by atoms with E-state index in [4.69, 9.17) is 0 Å². The Morgan fingerprint density at radius 3 is 2.65 bits per heavy atom. The van der Waals surface area contributed by atoms with Crippen LogP contribution >= 0.6 is 11.3 Å². The fraction of sp³-hybridized carbons (Fsp3) is 0.421. The molecule has 26 heavy (non-hydrogen) atoms. The highest BCUT2D eigenvalue weighted by Crippen LogP contribution is 2.27. The number of rotatable bonds is 5. The second-order valence-corrected chi connectivity index (χ2v) is 9.93. The van der Waals surface area contributed by atoms with E-state index in [9.17, 15) is 13.2 Å². The monoisotopic (exact) mass is 392 g/mol. The molecule has 1 aliphatic heterocycles. The summed E-state index contributed by atoms with van der Waals surface area (Å²) in [6.07, 6.45) is 1.44. The third-order valence-corrected chi connectivity index (χ3v) is 7.98. The lowest BCUT2D eigenvalue weighted by molar-refractivity contribution is -0.135. The number of carbonyl (C=O) groups excluding carboxylic acids is 1. The van der Waals surface area contributed by atoms with Crippen molar-refractivity contribution in [3.63, 3.8) is 0 Å². The van der Waals surface area contributed by atoms with Crippen molar-refractivity contribution in [1.82, 2.24) is 9.21 Å². The number of amides is 1. The lowest BCUT2D eigenvalue weighted by atomic mass is 9.98. The topological polar surface area (TPSA) is 57.7 Å². The molecule has 1 fully saturated rings. The van der Waals surface area contributed by atoms with Crippen molar-refractivity contribution in [3.8, 4) is 0 Å². The van der Waals surface area contributed by atoms with Gasteiger partial charge in [-0.1, -0.05) is 35.9 Å². The van der Waals surface area contributed by atoms with Crippen molar-refractivity contribution < 1.29 is 13.2 Å². The van der Waals surface area contributed by atoms with Crippen LogP contribution < -0.4 is 0 Å². The number of hydrogen-bond donors (Lipinski definition) is 0. The van der Waals surface area contributed by atoms with Crippen LogP contribution in [-0.4, -0.2) is 43.7 Å². The Bertz CT molecular complexity index is 845. The molecule has 1 atom stereocenters. The van der Waals surface area contributed by atoms with Crippen LogP contribution in [-0.2, 0) is 21.4 Å². The van der Waals surface area contributed by atoms with Gasteiger partial charge in [-0.05, 0) is 36.8 Å². The van der Waals surface area contributed by atoms with Gasteiger partial charge in [-0.25, -0.2) is 8.42 Å². The normalized spacial score (nSPS) is 18.6. The van der Waals surface area contributed by atoms with E-state index in [1.807, 2.05) is 31.2 Å². The van der Waals surface area contributed by atoms with Crippen LogP contribution in [0.2, 0.25) is 0 Å². The minimum absolute atomic E-state index is 0.0108. The number of carbonyl (C=O) groups is 1. The summed E-state index contributed by atoms with van der Waals surface area (Å²) in [6, 6.07) is 11.5. The Morgan fingerprint density at radius 2 is 2.00 bits per heavy atom. The van der Waals surface area contributed by atoms with Crippen LogP contribution in [0.25, 0.3) is 0 Å². The first-order valence-electron chi connectivity index (χ1n) is 8.72. The maximum absolute atomic E-state index is 12.8. The fourth-order valence-electron chi connectivity index (χ4n) is 3.26. The van der Waals surface area contributed by atoms with E-state index in [1.54, 1.807) is 29.5 Å². The summed E-state index contributed by atoms with van der Waals surface area (Å²) in [4.78, 5) is 14.5. The first kappa shape index (κ1) is 19.1. The molecule has 3 rings (SSSR count). The Kier molecular flexibility index (Phi) is 5.79. The van der Waals surface area contributed by atoms with Gasteiger partial charge < -0.3 is 4.90 Å². The van der Waals surface area contributed by atoms with Crippen LogP contribution in [0.1, 0.15) is 24.0 Å². The zero-order valence-corrected chi connectivity index (χ0v) is 16.7. The van der Waals surface area contributed by atoms with Crippen molar-refractivity contribution in [2.45, 2.75) is 30.5 Å². The van der Waals surface area contributed by atoms with Gasteiger partial charge in [-0.15, -0.1) is 11.3 Å². The molecule has 7 heteroatoms. The largest absolute Gasteiger partial charge is 0.341 e. The molecule has 0 spiro atoms. The van der Waals surface area contributed by atoms with Gasteiger partial charge in [0.2, 0.25) is 5.91 Å². The van der Waals surface area contributed by atoms with Crippen molar-refractivity contribution in [1.29, 1.82) is 0 Å². The predicted molar refractivity (Wildman–Crippen MR) is 103 cm³/mol. The Morgan fingerprint density at radius 1 is 1.27 bits per heavy atom. The van der Waals surface area contributed by atoms with Gasteiger partial charge in [0.1, 0.15) is 4.21 Å². The van der Waals surface area contributed by atoms with E-state index in [1.165, 1.54) is 21.2 Å². The average Bonchev–Trinajstić information content (AvgIpc) is 3.18. The van der Waals surface area contributed by atoms with Gasteiger partial charge in [-0.2, -0.15) is 4.31 Å².